The van der Waals surface area contributed by atoms with Crippen LogP contribution in [-0.2, 0) is 24.0 Å². The molecule has 0 radical (unpaired) electrons. The number of rotatable bonds is 15. The molecule has 0 saturated heterocycles. The van der Waals surface area contributed by atoms with Gasteiger partial charge in [0.15, 0.2) is 0 Å². The molecule has 178 valence electrons. The lowest BCUT2D eigenvalue weighted by molar-refractivity contribution is -0.143. The van der Waals surface area contributed by atoms with Gasteiger partial charge >= 0.3 is 5.97 Å². The molecule has 0 fully saturated rings. The first-order valence-electron chi connectivity index (χ1n) is 9.93. The average molecular weight is 463 g/mol. The molecule has 0 rings (SSSR count). The Morgan fingerprint density at radius 3 is 1.87 bits per heavy atom. The fourth-order valence-electron chi connectivity index (χ4n) is 2.47. The SMILES string of the molecule is CC(C)C(N)C(=O)NC(CS)C(=O)NC(CCCCN)C(=O)NC(CC(N)=O)C(=O)O. The number of carboxylic acids is 1. The van der Waals surface area contributed by atoms with Gasteiger partial charge in [-0.1, -0.05) is 13.8 Å². The van der Waals surface area contributed by atoms with Crippen LogP contribution in [0.2, 0.25) is 0 Å². The molecule has 10 N–H and O–H groups in total. The second-order valence-corrected chi connectivity index (χ2v) is 7.79. The Kier molecular flexibility index (Phi) is 13.5. The number of nitrogens with two attached hydrogens (primary N) is 3. The molecule has 4 amide bonds. The number of nitrogens with one attached hydrogen (secondary N) is 3. The average Bonchev–Trinajstić information content (AvgIpc) is 2.69. The Bertz CT molecular complexity index is 647. The van der Waals surface area contributed by atoms with E-state index in [2.05, 4.69) is 28.6 Å². The zero-order valence-corrected chi connectivity index (χ0v) is 18.7. The summed E-state index contributed by atoms with van der Waals surface area (Å²) >= 11 is 4.07. The van der Waals surface area contributed by atoms with Crippen molar-refractivity contribution < 1.29 is 29.1 Å². The number of aliphatic carboxylic acids is 1. The number of hydrogen-bond donors (Lipinski definition) is 8. The van der Waals surface area contributed by atoms with Gasteiger partial charge in [-0.2, -0.15) is 12.6 Å². The van der Waals surface area contributed by atoms with E-state index in [0.717, 1.165) is 0 Å². The van der Waals surface area contributed by atoms with Gasteiger partial charge in [0.05, 0.1) is 12.5 Å². The molecule has 4 atom stereocenters. The van der Waals surface area contributed by atoms with E-state index in [0.29, 0.717) is 19.4 Å². The van der Waals surface area contributed by atoms with Crippen molar-refractivity contribution in [1.82, 2.24) is 16.0 Å². The Labute approximate surface area is 186 Å². The molecule has 31 heavy (non-hydrogen) atoms. The second-order valence-electron chi connectivity index (χ2n) is 7.43. The van der Waals surface area contributed by atoms with Crippen molar-refractivity contribution >= 4 is 42.2 Å². The van der Waals surface area contributed by atoms with Crippen molar-refractivity contribution in [3.8, 4) is 0 Å². The molecule has 0 aliphatic rings. The summed E-state index contributed by atoms with van der Waals surface area (Å²) < 4.78 is 0. The number of primary amides is 1. The van der Waals surface area contributed by atoms with Gasteiger partial charge in [0.25, 0.3) is 0 Å². The van der Waals surface area contributed by atoms with Gasteiger partial charge in [-0.25, -0.2) is 4.79 Å². The van der Waals surface area contributed by atoms with E-state index in [1.807, 2.05) is 0 Å². The van der Waals surface area contributed by atoms with Crippen LogP contribution in [-0.4, -0.2) is 71.2 Å². The molecule has 0 aliphatic heterocycles. The van der Waals surface area contributed by atoms with E-state index >= 15 is 0 Å². The van der Waals surface area contributed by atoms with Gasteiger partial charge in [-0.05, 0) is 31.7 Å². The van der Waals surface area contributed by atoms with E-state index in [-0.39, 0.29) is 18.1 Å². The van der Waals surface area contributed by atoms with Gasteiger partial charge in [-0.15, -0.1) is 0 Å². The molecule has 0 saturated carbocycles. The number of carboxylic acid groups (broad SMARTS) is 1. The summed E-state index contributed by atoms with van der Waals surface area (Å²) in [6, 6.07) is -4.55. The van der Waals surface area contributed by atoms with Gasteiger partial charge < -0.3 is 38.3 Å². The van der Waals surface area contributed by atoms with Crippen LogP contribution in [0.1, 0.15) is 39.5 Å². The van der Waals surface area contributed by atoms with E-state index in [1.54, 1.807) is 13.8 Å². The Hall–Kier alpha value is -2.38. The highest BCUT2D eigenvalue weighted by Gasteiger charge is 2.30. The first kappa shape index (κ1) is 28.6. The van der Waals surface area contributed by atoms with E-state index in [1.165, 1.54) is 0 Å². The highest BCUT2D eigenvalue weighted by Crippen LogP contribution is 2.05. The van der Waals surface area contributed by atoms with Crippen LogP contribution in [0.25, 0.3) is 0 Å². The zero-order valence-electron chi connectivity index (χ0n) is 17.8. The summed E-state index contributed by atoms with van der Waals surface area (Å²) in [7, 11) is 0. The lowest BCUT2D eigenvalue weighted by Crippen LogP contribution is -2.58. The molecule has 4 unspecified atom stereocenters. The monoisotopic (exact) mass is 462 g/mol. The lowest BCUT2D eigenvalue weighted by atomic mass is 10.0. The molecule has 0 heterocycles. The fraction of sp³-hybridized carbons (Fsp3) is 0.722. The molecule has 0 aromatic carbocycles. The van der Waals surface area contributed by atoms with Crippen LogP contribution in [0.3, 0.4) is 0 Å². The molecular formula is C18H34N6O6S. The number of amides is 4. The van der Waals surface area contributed by atoms with Crippen LogP contribution in [0.15, 0.2) is 0 Å². The molecule has 0 aromatic rings. The standard InChI is InChI=1S/C18H34N6O6S/c1-9(2)14(21)17(28)24-12(8-31)16(27)22-10(5-3-4-6-19)15(26)23-11(18(29)30)7-13(20)25/h9-12,14,31H,3-8,19,21H2,1-2H3,(H2,20,25)(H,22,27)(H,23,26)(H,24,28)(H,29,30). The summed E-state index contributed by atoms with van der Waals surface area (Å²) in [5.74, 6) is -4.59. The third-order valence-electron chi connectivity index (χ3n) is 4.44. The summed E-state index contributed by atoms with van der Waals surface area (Å²) in [6.45, 7) is 3.87. The van der Waals surface area contributed by atoms with Crippen molar-refractivity contribution in [3.63, 3.8) is 0 Å². The Morgan fingerprint density at radius 1 is 0.903 bits per heavy atom. The van der Waals surface area contributed by atoms with Crippen LogP contribution in [0.5, 0.6) is 0 Å². The highest BCUT2D eigenvalue weighted by atomic mass is 32.1. The van der Waals surface area contributed by atoms with Crippen LogP contribution >= 0.6 is 12.6 Å². The molecule has 0 spiro atoms. The minimum atomic E-state index is -1.54. The zero-order chi connectivity index (χ0) is 24.1. The fourth-order valence-corrected chi connectivity index (χ4v) is 2.73. The van der Waals surface area contributed by atoms with Crippen molar-refractivity contribution in [2.45, 2.75) is 63.7 Å². The van der Waals surface area contributed by atoms with Gasteiger partial charge in [0.2, 0.25) is 23.6 Å². The second kappa shape index (κ2) is 14.6. The molecule has 0 aliphatic carbocycles. The molecule has 0 bridgehead atoms. The molecule has 12 nitrogen and oxygen atoms in total. The van der Waals surface area contributed by atoms with Crippen LogP contribution in [0.4, 0.5) is 0 Å². The normalized spacial score (nSPS) is 14.8. The van der Waals surface area contributed by atoms with Gasteiger partial charge in [0.1, 0.15) is 18.1 Å². The maximum absolute atomic E-state index is 12.6. The minimum absolute atomic E-state index is 0.0566. The van der Waals surface area contributed by atoms with Gasteiger partial charge in [0, 0.05) is 5.75 Å². The van der Waals surface area contributed by atoms with Crippen molar-refractivity contribution in [2.75, 3.05) is 12.3 Å². The van der Waals surface area contributed by atoms with E-state index in [4.69, 9.17) is 17.2 Å². The first-order valence-corrected chi connectivity index (χ1v) is 10.6. The quantitative estimate of drug-likeness (QED) is 0.0953. The van der Waals surface area contributed by atoms with Crippen molar-refractivity contribution in [3.05, 3.63) is 0 Å². The summed E-state index contributed by atoms with van der Waals surface area (Å²) in [5, 5.41) is 16.4. The van der Waals surface area contributed by atoms with E-state index in [9.17, 15) is 29.1 Å². The Balaban J connectivity index is 5.31. The summed E-state index contributed by atoms with van der Waals surface area (Å²) in [6.07, 6.45) is 0.598. The number of carbonyl (C=O) groups is 5. The van der Waals surface area contributed by atoms with Crippen LogP contribution < -0.4 is 33.2 Å². The Morgan fingerprint density at radius 2 is 1.42 bits per heavy atom. The van der Waals surface area contributed by atoms with Crippen molar-refractivity contribution in [1.29, 1.82) is 0 Å². The van der Waals surface area contributed by atoms with Crippen molar-refractivity contribution in [2.24, 2.45) is 23.1 Å². The third-order valence-corrected chi connectivity index (χ3v) is 4.80. The topological polar surface area (TPSA) is 220 Å². The minimum Gasteiger partial charge on any atom is -0.480 e. The van der Waals surface area contributed by atoms with Crippen LogP contribution in [0, 0.1) is 5.92 Å². The molecule has 0 aromatic heterocycles. The predicted molar refractivity (Wildman–Crippen MR) is 117 cm³/mol. The summed E-state index contributed by atoms with van der Waals surface area (Å²) in [4.78, 5) is 59.7. The highest BCUT2D eigenvalue weighted by molar-refractivity contribution is 7.80. The largest absolute Gasteiger partial charge is 0.480 e. The lowest BCUT2D eigenvalue weighted by Gasteiger charge is -2.25. The third kappa shape index (κ3) is 11.0. The summed E-state index contributed by atoms with van der Waals surface area (Å²) in [5.41, 5.74) is 16.3. The number of hydrogen-bond acceptors (Lipinski definition) is 8. The maximum Gasteiger partial charge on any atom is 0.326 e. The first-order chi connectivity index (χ1) is 14.4. The number of carbonyl (C=O) groups excluding carboxylic acids is 4. The van der Waals surface area contributed by atoms with Gasteiger partial charge in [-0.3, -0.25) is 19.2 Å². The molecular weight excluding hydrogens is 428 g/mol. The molecule has 13 heteroatoms. The maximum atomic E-state index is 12.6. The smallest absolute Gasteiger partial charge is 0.326 e. The van der Waals surface area contributed by atoms with E-state index < -0.39 is 60.2 Å². The number of unbranched alkanes of at least 4 members (excludes halogenated alkanes) is 1. The number of thiol groups is 1. The predicted octanol–water partition coefficient (Wildman–Crippen LogP) is -2.56.